The second-order valence-electron chi connectivity index (χ2n) is 2.81. The molecule has 0 fully saturated rings. The molecule has 1 rings (SSSR count). The van der Waals surface area contributed by atoms with Crippen LogP contribution in [0.1, 0.15) is 12.5 Å². The van der Waals surface area contributed by atoms with Crippen molar-refractivity contribution in [1.29, 1.82) is 0 Å². The van der Waals surface area contributed by atoms with Crippen molar-refractivity contribution in [3.63, 3.8) is 0 Å². The molecule has 0 spiro atoms. The minimum absolute atomic E-state index is 0.0550. The molecule has 4 nitrogen and oxygen atoms in total. The third-order valence-electron chi connectivity index (χ3n) is 1.85. The molecule has 3 N–H and O–H groups in total. The fourth-order valence-electron chi connectivity index (χ4n) is 1.15. The van der Waals surface area contributed by atoms with E-state index in [1.165, 1.54) is 0 Å². The van der Waals surface area contributed by atoms with Gasteiger partial charge in [0.2, 0.25) is 0 Å². The summed E-state index contributed by atoms with van der Waals surface area (Å²) < 4.78 is 30.6. The SMILES string of the molecule is CCc1cc(Cl)cc(S(=O)(=O)O)c1N. The lowest BCUT2D eigenvalue weighted by atomic mass is 10.1. The van der Waals surface area contributed by atoms with Gasteiger partial charge in [0.15, 0.2) is 0 Å². The standard InChI is InChI=1S/C8H10ClNO3S/c1-2-5-3-6(9)4-7(8(5)10)14(11,12)13/h3-4H,2,10H2,1H3,(H,11,12,13). The van der Waals surface area contributed by atoms with Crippen molar-refractivity contribution in [3.8, 4) is 0 Å². The van der Waals surface area contributed by atoms with Crippen molar-refractivity contribution >= 4 is 27.4 Å². The Hall–Kier alpha value is -0.780. The van der Waals surface area contributed by atoms with Gasteiger partial charge in [0, 0.05) is 5.02 Å². The van der Waals surface area contributed by atoms with Crippen molar-refractivity contribution < 1.29 is 13.0 Å². The van der Waals surface area contributed by atoms with Crippen LogP contribution in [-0.2, 0) is 16.5 Å². The van der Waals surface area contributed by atoms with E-state index in [9.17, 15) is 8.42 Å². The average Bonchev–Trinajstić information content (AvgIpc) is 2.06. The van der Waals surface area contributed by atoms with Crippen LogP contribution in [0.2, 0.25) is 5.02 Å². The molecule has 14 heavy (non-hydrogen) atoms. The number of hydrogen-bond donors (Lipinski definition) is 2. The number of aryl methyl sites for hydroxylation is 1. The van der Waals surface area contributed by atoms with Crippen molar-refractivity contribution in [2.45, 2.75) is 18.2 Å². The lowest BCUT2D eigenvalue weighted by Gasteiger charge is -2.08. The normalized spacial score (nSPS) is 11.6. The van der Waals surface area contributed by atoms with Gasteiger partial charge in [-0.3, -0.25) is 4.55 Å². The van der Waals surface area contributed by atoms with Crippen LogP contribution in [0.3, 0.4) is 0 Å². The molecule has 0 saturated heterocycles. The highest BCUT2D eigenvalue weighted by atomic mass is 35.5. The van der Waals surface area contributed by atoms with E-state index in [0.29, 0.717) is 12.0 Å². The molecule has 0 amide bonds. The largest absolute Gasteiger partial charge is 0.397 e. The Balaban J connectivity index is 3.53. The summed E-state index contributed by atoms with van der Waals surface area (Å²) in [7, 11) is -4.30. The lowest BCUT2D eigenvalue weighted by Crippen LogP contribution is -2.05. The van der Waals surface area contributed by atoms with Crippen LogP contribution in [0.4, 0.5) is 5.69 Å². The van der Waals surface area contributed by atoms with Gasteiger partial charge in [0.05, 0.1) is 5.69 Å². The summed E-state index contributed by atoms with van der Waals surface area (Å²) in [6.45, 7) is 1.82. The maximum absolute atomic E-state index is 10.9. The van der Waals surface area contributed by atoms with Gasteiger partial charge in [-0.2, -0.15) is 8.42 Å². The van der Waals surface area contributed by atoms with Gasteiger partial charge in [-0.05, 0) is 24.1 Å². The summed E-state index contributed by atoms with van der Waals surface area (Å²) in [5, 5.41) is 0.240. The maximum atomic E-state index is 10.9. The highest BCUT2D eigenvalue weighted by Crippen LogP contribution is 2.27. The van der Waals surface area contributed by atoms with Gasteiger partial charge in [-0.1, -0.05) is 18.5 Å². The van der Waals surface area contributed by atoms with Crippen LogP contribution in [0.15, 0.2) is 17.0 Å². The second kappa shape index (κ2) is 3.76. The van der Waals surface area contributed by atoms with E-state index in [0.717, 1.165) is 6.07 Å². The predicted octanol–water partition coefficient (Wildman–Crippen LogP) is 1.73. The molecule has 1 aromatic carbocycles. The average molecular weight is 236 g/mol. The molecular weight excluding hydrogens is 226 g/mol. The molecule has 0 aliphatic rings. The third-order valence-corrected chi connectivity index (χ3v) is 2.96. The van der Waals surface area contributed by atoms with Gasteiger partial charge in [-0.25, -0.2) is 0 Å². The highest BCUT2D eigenvalue weighted by molar-refractivity contribution is 7.86. The Morgan fingerprint density at radius 3 is 2.50 bits per heavy atom. The molecule has 0 aliphatic heterocycles. The van der Waals surface area contributed by atoms with Gasteiger partial charge in [-0.15, -0.1) is 0 Å². The Kier molecular flexibility index (Phi) is 3.04. The fourth-order valence-corrected chi connectivity index (χ4v) is 2.14. The van der Waals surface area contributed by atoms with Gasteiger partial charge in [0.25, 0.3) is 10.1 Å². The minimum atomic E-state index is -4.30. The highest BCUT2D eigenvalue weighted by Gasteiger charge is 2.16. The molecule has 6 heteroatoms. The van der Waals surface area contributed by atoms with Crippen LogP contribution in [0.5, 0.6) is 0 Å². The first-order valence-corrected chi connectivity index (χ1v) is 5.73. The first-order chi connectivity index (χ1) is 6.36. The van der Waals surface area contributed by atoms with Gasteiger partial charge >= 0.3 is 0 Å². The summed E-state index contributed by atoms with van der Waals surface area (Å²) in [5.41, 5.74) is 6.21. The summed E-state index contributed by atoms with van der Waals surface area (Å²) in [6.07, 6.45) is 0.551. The summed E-state index contributed by atoms with van der Waals surface area (Å²) in [6, 6.07) is 2.71. The summed E-state index contributed by atoms with van der Waals surface area (Å²) >= 11 is 5.68. The Morgan fingerprint density at radius 1 is 1.50 bits per heavy atom. The van der Waals surface area contributed by atoms with Gasteiger partial charge < -0.3 is 5.73 Å². The zero-order valence-electron chi connectivity index (χ0n) is 7.49. The van der Waals surface area contributed by atoms with E-state index >= 15 is 0 Å². The van der Waals surface area contributed by atoms with Crippen LogP contribution in [-0.4, -0.2) is 13.0 Å². The van der Waals surface area contributed by atoms with E-state index in [-0.39, 0.29) is 15.6 Å². The van der Waals surface area contributed by atoms with Crippen LogP contribution in [0.25, 0.3) is 0 Å². The fraction of sp³-hybridized carbons (Fsp3) is 0.250. The first kappa shape index (κ1) is 11.3. The molecule has 0 atom stereocenters. The molecule has 78 valence electrons. The Morgan fingerprint density at radius 2 is 2.07 bits per heavy atom. The zero-order valence-corrected chi connectivity index (χ0v) is 9.06. The van der Waals surface area contributed by atoms with Crippen LogP contribution in [0, 0.1) is 0 Å². The van der Waals surface area contributed by atoms with Gasteiger partial charge in [0.1, 0.15) is 4.90 Å². The van der Waals surface area contributed by atoms with Crippen LogP contribution < -0.4 is 5.73 Å². The molecule has 0 saturated carbocycles. The lowest BCUT2D eigenvalue weighted by molar-refractivity contribution is 0.483. The Labute approximate surface area is 87.4 Å². The number of nitrogen functional groups attached to an aromatic ring is 1. The first-order valence-electron chi connectivity index (χ1n) is 3.91. The molecule has 0 aromatic heterocycles. The minimum Gasteiger partial charge on any atom is -0.397 e. The Bertz CT molecular complexity index is 456. The van der Waals surface area contributed by atoms with E-state index in [4.69, 9.17) is 21.9 Å². The molecular formula is C8H10ClNO3S. The third kappa shape index (κ3) is 2.17. The van der Waals surface area contributed by atoms with E-state index in [2.05, 4.69) is 0 Å². The second-order valence-corrected chi connectivity index (χ2v) is 4.63. The van der Waals surface area contributed by atoms with E-state index < -0.39 is 10.1 Å². The molecule has 0 unspecified atom stereocenters. The number of benzene rings is 1. The predicted molar refractivity (Wildman–Crippen MR) is 55.1 cm³/mol. The van der Waals surface area contributed by atoms with Crippen molar-refractivity contribution in [2.75, 3.05) is 5.73 Å². The smallest absolute Gasteiger partial charge is 0.296 e. The zero-order chi connectivity index (χ0) is 10.9. The molecule has 0 heterocycles. The van der Waals surface area contributed by atoms with Crippen LogP contribution >= 0.6 is 11.6 Å². The summed E-state index contributed by atoms with van der Waals surface area (Å²) in [5.74, 6) is 0. The van der Waals surface area contributed by atoms with Crippen molar-refractivity contribution in [2.24, 2.45) is 0 Å². The summed E-state index contributed by atoms with van der Waals surface area (Å²) in [4.78, 5) is -0.332. The molecule has 0 bridgehead atoms. The van der Waals surface area contributed by atoms with Crippen molar-refractivity contribution in [1.82, 2.24) is 0 Å². The molecule has 0 radical (unpaired) electrons. The number of anilines is 1. The van der Waals surface area contributed by atoms with Crippen molar-refractivity contribution in [3.05, 3.63) is 22.7 Å². The quantitative estimate of drug-likeness (QED) is 0.604. The molecule has 1 aromatic rings. The maximum Gasteiger partial charge on any atom is 0.296 e. The molecule has 0 aliphatic carbocycles. The monoisotopic (exact) mass is 235 g/mol. The number of hydrogen-bond acceptors (Lipinski definition) is 3. The van der Waals surface area contributed by atoms with E-state index in [1.54, 1.807) is 6.07 Å². The topological polar surface area (TPSA) is 80.4 Å². The number of nitrogens with two attached hydrogens (primary N) is 1. The number of halogens is 1. The van der Waals surface area contributed by atoms with E-state index in [1.807, 2.05) is 6.92 Å². The number of rotatable bonds is 2.